The molecule has 6 aromatic rings. The van der Waals surface area contributed by atoms with E-state index >= 15 is 0 Å². The predicted octanol–water partition coefficient (Wildman–Crippen LogP) is 7.28. The number of imidazole rings is 2. The average Bonchev–Trinajstić information content (AvgIpc) is 4.08. The molecule has 326 valence electrons. The summed E-state index contributed by atoms with van der Waals surface area (Å²) in [5, 5.41) is 5.38. The number of nitrogens with zero attached hydrogens (tertiary/aromatic N) is 5. The van der Waals surface area contributed by atoms with Crippen LogP contribution in [0.4, 0.5) is 18.4 Å². The highest BCUT2D eigenvalue weighted by Gasteiger charge is 2.50. The number of hydrogen-bond donors (Lipinski definition) is 4. The molecular formula is C46H47F2N9O6. The van der Waals surface area contributed by atoms with Gasteiger partial charge in [-0.1, -0.05) is 50.2 Å². The number of ether oxygens (including phenoxy) is 2. The van der Waals surface area contributed by atoms with Crippen LogP contribution in [0.15, 0.2) is 79.3 Å². The fourth-order valence-electron chi connectivity index (χ4n) is 9.33. The van der Waals surface area contributed by atoms with Crippen LogP contribution in [0, 0.1) is 5.92 Å². The van der Waals surface area contributed by atoms with Crippen molar-refractivity contribution >= 4 is 34.9 Å². The molecule has 1 unspecified atom stereocenters. The zero-order valence-corrected chi connectivity index (χ0v) is 35.2. The molecule has 9 rings (SSSR count). The summed E-state index contributed by atoms with van der Waals surface area (Å²) >= 11 is 0. The van der Waals surface area contributed by atoms with Crippen molar-refractivity contribution in [2.75, 3.05) is 20.8 Å². The molecule has 15 nitrogen and oxygen atoms in total. The van der Waals surface area contributed by atoms with Crippen LogP contribution in [0.2, 0.25) is 0 Å². The molecule has 2 aromatic carbocycles. The molecule has 6 heterocycles. The Bertz CT molecular complexity index is 2710. The number of ketones is 1. The Balaban J connectivity index is 0.884. The van der Waals surface area contributed by atoms with Crippen molar-refractivity contribution in [1.82, 2.24) is 45.0 Å². The van der Waals surface area contributed by atoms with E-state index in [0.29, 0.717) is 18.7 Å². The molecule has 0 bridgehead atoms. The van der Waals surface area contributed by atoms with Gasteiger partial charge in [-0.2, -0.15) is 0 Å². The smallest absolute Gasteiger partial charge is 0.407 e. The number of carbonyl (C=O) groups is 4. The van der Waals surface area contributed by atoms with E-state index in [1.54, 1.807) is 20.0 Å². The van der Waals surface area contributed by atoms with Gasteiger partial charge in [0.15, 0.2) is 0 Å². The predicted molar refractivity (Wildman–Crippen MR) is 228 cm³/mol. The van der Waals surface area contributed by atoms with Gasteiger partial charge < -0.3 is 39.5 Å². The lowest BCUT2D eigenvalue weighted by molar-refractivity contribution is -0.136. The molecule has 4 N–H and O–H groups in total. The van der Waals surface area contributed by atoms with Gasteiger partial charge in [-0.05, 0) is 59.7 Å². The van der Waals surface area contributed by atoms with Crippen LogP contribution in [-0.2, 0) is 32.0 Å². The summed E-state index contributed by atoms with van der Waals surface area (Å²) in [4.78, 5) is 73.3. The number of benzene rings is 2. The lowest BCUT2D eigenvalue weighted by Crippen LogP contribution is -2.51. The number of nitrogens with one attached hydrogen (secondary N) is 4. The van der Waals surface area contributed by atoms with Gasteiger partial charge in [0.1, 0.15) is 23.5 Å². The van der Waals surface area contributed by atoms with Crippen molar-refractivity contribution in [2.45, 2.75) is 82.0 Å². The molecule has 0 saturated carbocycles. The maximum absolute atomic E-state index is 14.8. The Labute approximate surface area is 361 Å². The second-order valence-corrected chi connectivity index (χ2v) is 16.9. The first-order chi connectivity index (χ1) is 30.3. The lowest BCUT2D eigenvalue weighted by Gasteiger charge is -2.31. The molecule has 3 aliphatic rings. The van der Waals surface area contributed by atoms with Gasteiger partial charge in [0.05, 0.1) is 61.3 Å². The van der Waals surface area contributed by atoms with Crippen LogP contribution in [-0.4, -0.2) is 97.0 Å². The van der Waals surface area contributed by atoms with Crippen molar-refractivity contribution in [1.29, 1.82) is 0 Å². The molecule has 0 radical (unpaired) electrons. The van der Waals surface area contributed by atoms with Crippen LogP contribution >= 0.6 is 0 Å². The Hall–Kier alpha value is -6.91. The van der Waals surface area contributed by atoms with Crippen LogP contribution in [0.1, 0.15) is 73.9 Å². The normalized spacial score (nSPS) is 20.9. The summed E-state index contributed by atoms with van der Waals surface area (Å²) in [5.41, 5.74) is 8.57. The number of aryl methyl sites for hydroxylation is 1. The van der Waals surface area contributed by atoms with Crippen molar-refractivity contribution in [3.8, 4) is 33.6 Å². The fourth-order valence-corrected chi connectivity index (χ4v) is 9.33. The van der Waals surface area contributed by atoms with E-state index in [9.17, 15) is 28.0 Å². The van der Waals surface area contributed by atoms with E-state index in [1.807, 2.05) is 67.0 Å². The van der Waals surface area contributed by atoms with E-state index in [2.05, 4.69) is 41.0 Å². The Morgan fingerprint density at radius 3 is 2.37 bits per heavy atom. The van der Waals surface area contributed by atoms with Gasteiger partial charge >= 0.3 is 12.2 Å². The average molecular weight is 860 g/mol. The highest BCUT2D eigenvalue weighted by Crippen LogP contribution is 2.42. The molecule has 5 atom stereocenters. The van der Waals surface area contributed by atoms with Crippen LogP contribution in [0.3, 0.4) is 0 Å². The van der Waals surface area contributed by atoms with Gasteiger partial charge in [-0.3, -0.25) is 14.6 Å². The molecule has 0 spiro atoms. The van der Waals surface area contributed by atoms with E-state index in [-0.39, 0.29) is 35.9 Å². The van der Waals surface area contributed by atoms with E-state index < -0.39 is 55.0 Å². The van der Waals surface area contributed by atoms with Gasteiger partial charge in [0.25, 0.3) is 5.92 Å². The number of rotatable bonds is 9. The molecule has 1 aliphatic carbocycles. The van der Waals surface area contributed by atoms with Gasteiger partial charge in [-0.15, -0.1) is 0 Å². The maximum Gasteiger partial charge on any atom is 0.407 e. The highest BCUT2D eigenvalue weighted by molar-refractivity contribution is 5.89. The van der Waals surface area contributed by atoms with Gasteiger partial charge in [0.2, 0.25) is 5.91 Å². The molecule has 3 amide bonds. The van der Waals surface area contributed by atoms with E-state index in [4.69, 9.17) is 14.7 Å². The van der Waals surface area contributed by atoms with Crippen molar-refractivity contribution in [3.05, 3.63) is 102 Å². The zero-order chi connectivity index (χ0) is 44.2. The monoisotopic (exact) mass is 859 g/mol. The number of Topliss-reactive ketones (excluding diaryl/α,β-unsaturated/α-hetero) is 1. The summed E-state index contributed by atoms with van der Waals surface area (Å²) in [5.74, 6) is -3.74. The number of alkyl carbamates (subject to hydrolysis) is 2. The Morgan fingerprint density at radius 1 is 0.889 bits per heavy atom. The number of aromatic nitrogens is 6. The fraction of sp³-hybridized carbons (Fsp3) is 0.370. The first kappa shape index (κ1) is 41.4. The molecule has 4 aromatic heterocycles. The number of aromatic amines is 2. The summed E-state index contributed by atoms with van der Waals surface area (Å²) in [6.45, 7) is 3.23. The highest BCUT2D eigenvalue weighted by atomic mass is 19.3. The van der Waals surface area contributed by atoms with Crippen LogP contribution in [0.5, 0.6) is 0 Å². The number of pyridine rings is 1. The molecule has 63 heavy (non-hydrogen) atoms. The summed E-state index contributed by atoms with van der Waals surface area (Å²) in [7, 11) is 2.50. The van der Waals surface area contributed by atoms with Crippen molar-refractivity contribution in [2.24, 2.45) is 5.92 Å². The SMILES string of the molecule is COC(=O)N[C@H]1CCc2ccn3c2C1C(=O)C[C@H](c1nc2ccc(-c4ccc(-c5ccc(-c6cnc([C@@H]7CC(F)(F)CN7C(=O)[C@@H](NC(=O)OC)C(C)C)[nH]6)cc5)nc4)cc2[nH]1)C3. The van der Waals surface area contributed by atoms with Gasteiger partial charge in [0, 0.05) is 60.6 Å². The molecule has 17 heteroatoms. The lowest BCUT2D eigenvalue weighted by atomic mass is 9.79. The number of fused-ring (bicyclic) bond motifs is 1. The van der Waals surface area contributed by atoms with Crippen LogP contribution < -0.4 is 10.6 Å². The summed E-state index contributed by atoms with van der Waals surface area (Å²) < 4.78 is 41.3. The second kappa shape index (κ2) is 16.4. The standard InChI is InChI=1S/C46H47F2N9O6/c1-24(2)39(55-45(61)63-4)43(59)57-23-46(47,48)19-36(57)42-50-21-35(53-42)26-7-5-25(6-8-26)31-12-11-29(20-49-31)28-10-13-32-34(17-28)52-41(51-32)30-18-37(58)38-33(54-44(60)62-3)14-9-27-15-16-56(22-30)40(27)38/h5-8,10-13,15-17,20-21,24,30,33,36,38-39H,9,14,18-19,22-23H2,1-4H3,(H,50,53)(H,51,52)(H,54,60)(H,55,61)/t30-,33-,36-,38?,39-/m0/s1. The third kappa shape index (κ3) is 8.03. The number of hydrogen-bond acceptors (Lipinski definition) is 9. The number of carbonyl (C=O) groups excluding carboxylic acids is 4. The van der Waals surface area contributed by atoms with Crippen molar-refractivity contribution < 1.29 is 37.4 Å². The Morgan fingerprint density at radius 2 is 1.63 bits per heavy atom. The minimum absolute atomic E-state index is 0.0701. The number of amides is 3. The number of halogens is 2. The molecule has 1 fully saturated rings. The van der Waals surface area contributed by atoms with Crippen molar-refractivity contribution in [3.63, 3.8) is 0 Å². The molecule has 1 saturated heterocycles. The topological polar surface area (TPSA) is 189 Å². The number of methoxy groups -OCH3 is 2. The minimum Gasteiger partial charge on any atom is -0.453 e. The molecule has 2 aliphatic heterocycles. The quantitative estimate of drug-likeness (QED) is 0.116. The Kier molecular flexibility index (Phi) is 10.8. The third-order valence-corrected chi connectivity index (χ3v) is 12.5. The summed E-state index contributed by atoms with van der Waals surface area (Å²) in [6, 6.07) is 17.2. The maximum atomic E-state index is 14.8. The minimum atomic E-state index is -3.13. The van der Waals surface area contributed by atoms with E-state index in [1.165, 1.54) is 14.2 Å². The zero-order valence-electron chi connectivity index (χ0n) is 35.2. The second-order valence-electron chi connectivity index (χ2n) is 16.9. The first-order valence-corrected chi connectivity index (χ1v) is 21.0. The largest absolute Gasteiger partial charge is 0.453 e. The molecular weight excluding hydrogens is 813 g/mol. The third-order valence-electron chi connectivity index (χ3n) is 12.5. The number of H-pyrrole nitrogens is 2. The number of likely N-dealkylation sites (tertiary alicyclic amines) is 1. The van der Waals surface area contributed by atoms with Crippen LogP contribution in [0.25, 0.3) is 44.7 Å². The summed E-state index contributed by atoms with van der Waals surface area (Å²) in [6.07, 6.45) is 5.17. The first-order valence-electron chi connectivity index (χ1n) is 21.0. The van der Waals surface area contributed by atoms with Gasteiger partial charge in [-0.25, -0.2) is 28.3 Å². The van der Waals surface area contributed by atoms with E-state index in [0.717, 1.165) is 67.4 Å². The number of alkyl halides is 2.